The Hall–Kier alpha value is -1.84. The summed E-state index contributed by atoms with van der Waals surface area (Å²) in [5.41, 5.74) is 0.595. The predicted octanol–water partition coefficient (Wildman–Crippen LogP) is 1.34. The van der Waals surface area contributed by atoms with Gasteiger partial charge in [-0.1, -0.05) is 30.3 Å². The number of nitrogens with one attached hydrogen (secondary N) is 4. The molecule has 4 N–H and O–H groups in total. The highest BCUT2D eigenvalue weighted by atomic mass is 15.1. The maximum absolute atomic E-state index is 7.75. The van der Waals surface area contributed by atoms with Gasteiger partial charge in [0.15, 0.2) is 5.96 Å². The Morgan fingerprint density at radius 3 is 2.67 bits per heavy atom. The molecule has 1 aromatic rings. The summed E-state index contributed by atoms with van der Waals surface area (Å²) in [6.07, 6.45) is 0.207. The topological polar surface area (TPSA) is 71.8 Å². The van der Waals surface area contributed by atoms with Crippen molar-refractivity contribution in [3.63, 3.8) is 0 Å². The second-order valence-electron chi connectivity index (χ2n) is 2.95. The van der Waals surface area contributed by atoms with Crippen LogP contribution in [0.5, 0.6) is 0 Å². The zero-order chi connectivity index (χ0) is 14.6. The van der Waals surface area contributed by atoms with Crippen LogP contribution in [0.4, 0.5) is 0 Å². The molecule has 1 atom stereocenters. The van der Waals surface area contributed by atoms with Crippen LogP contribution in [0.1, 0.15) is 18.0 Å². The number of benzene rings is 1. The fourth-order valence-corrected chi connectivity index (χ4v) is 0.953. The zero-order valence-electron chi connectivity index (χ0n) is 12.4. The van der Waals surface area contributed by atoms with Crippen LogP contribution < -0.4 is 10.6 Å². The van der Waals surface area contributed by atoms with Crippen molar-refractivity contribution < 1.29 is 5.48 Å². The summed E-state index contributed by atoms with van der Waals surface area (Å²) in [6, 6.07) is 2.67. The van der Waals surface area contributed by atoms with Gasteiger partial charge in [-0.2, -0.15) is 0 Å². The molecule has 0 heterocycles. The first-order valence-electron chi connectivity index (χ1n) is 6.53. The molecule has 0 bridgehead atoms. The smallest absolute Gasteiger partial charge is 0.193 e. The quantitative estimate of drug-likeness (QED) is 0.447. The minimum Gasteiger partial charge on any atom is -0.356 e. The molecule has 1 aromatic carbocycles. The SMILES string of the molecule is [2H]c1cc(CC([2H])NC(=N)NC(C)=N)cc([2H])c1[2H]. The second kappa shape index (κ2) is 5.80. The van der Waals surface area contributed by atoms with Gasteiger partial charge in [0.25, 0.3) is 0 Å². The number of amidine groups is 1. The molecule has 0 radical (unpaired) electrons. The monoisotopic (exact) mass is 208 g/mol. The number of hydrogen-bond acceptors (Lipinski definition) is 2. The standard InChI is InChI=1S/C11H16N4/c1-9(12)15-11(13)14-8-7-10-5-3-2-4-6-10/h2-6H,7-8H2,1H3,(H4,12,13,14,15)/i2D,3D,4D,8D. The van der Waals surface area contributed by atoms with Crippen molar-refractivity contribution in [3.8, 4) is 0 Å². The highest BCUT2D eigenvalue weighted by Gasteiger charge is 1.95. The largest absolute Gasteiger partial charge is 0.356 e. The number of aryl methyl sites for hydroxylation is 1. The van der Waals surface area contributed by atoms with Gasteiger partial charge < -0.3 is 10.6 Å². The molecule has 4 nitrogen and oxygen atoms in total. The van der Waals surface area contributed by atoms with Crippen LogP contribution in [-0.2, 0) is 6.42 Å². The molecule has 0 aliphatic heterocycles. The maximum atomic E-state index is 7.75. The zero-order valence-corrected chi connectivity index (χ0v) is 8.44. The van der Waals surface area contributed by atoms with Crippen molar-refractivity contribution in [3.05, 3.63) is 35.8 Å². The van der Waals surface area contributed by atoms with Gasteiger partial charge in [-0.05, 0) is 18.9 Å². The summed E-state index contributed by atoms with van der Waals surface area (Å²) >= 11 is 0. The van der Waals surface area contributed by atoms with Crippen LogP contribution in [0.25, 0.3) is 0 Å². The minimum absolute atomic E-state index is 0.0433. The summed E-state index contributed by atoms with van der Waals surface area (Å²) in [7, 11) is 0. The van der Waals surface area contributed by atoms with Gasteiger partial charge in [-0.15, -0.1) is 0 Å². The number of hydrogen-bond donors (Lipinski definition) is 4. The van der Waals surface area contributed by atoms with Crippen molar-refractivity contribution >= 4 is 11.8 Å². The molecule has 0 saturated carbocycles. The van der Waals surface area contributed by atoms with Crippen LogP contribution in [-0.4, -0.2) is 18.3 Å². The van der Waals surface area contributed by atoms with Gasteiger partial charge in [-0.25, -0.2) is 0 Å². The fraction of sp³-hybridized carbons (Fsp3) is 0.273. The van der Waals surface area contributed by atoms with E-state index >= 15 is 0 Å². The first-order valence-corrected chi connectivity index (χ1v) is 4.46. The Balaban J connectivity index is 2.64. The predicted molar refractivity (Wildman–Crippen MR) is 62.4 cm³/mol. The molecule has 0 saturated heterocycles. The highest BCUT2D eigenvalue weighted by molar-refractivity contribution is 5.95. The minimum atomic E-state index is -0.824. The van der Waals surface area contributed by atoms with Gasteiger partial charge in [0.1, 0.15) is 0 Å². The van der Waals surface area contributed by atoms with Gasteiger partial charge in [0.2, 0.25) is 0 Å². The van der Waals surface area contributed by atoms with E-state index in [-0.39, 0.29) is 36.3 Å². The van der Waals surface area contributed by atoms with Crippen molar-refractivity contribution in [2.24, 2.45) is 0 Å². The fourth-order valence-electron chi connectivity index (χ4n) is 0.953. The van der Waals surface area contributed by atoms with E-state index in [1.807, 2.05) is 0 Å². The lowest BCUT2D eigenvalue weighted by atomic mass is 10.1. The third-order valence-electron chi connectivity index (χ3n) is 1.56. The molecule has 15 heavy (non-hydrogen) atoms. The van der Waals surface area contributed by atoms with Crippen molar-refractivity contribution in [1.82, 2.24) is 10.6 Å². The van der Waals surface area contributed by atoms with Crippen molar-refractivity contribution in [2.75, 3.05) is 6.52 Å². The summed E-state index contributed by atoms with van der Waals surface area (Å²) in [4.78, 5) is 0. The maximum Gasteiger partial charge on any atom is 0.193 e. The molecule has 0 amide bonds. The molecule has 0 aliphatic rings. The summed E-state index contributed by atoms with van der Waals surface area (Å²) in [5, 5.41) is 19.6. The molecule has 0 spiro atoms. The summed E-state index contributed by atoms with van der Waals surface area (Å²) < 4.78 is 30.2. The molecular formula is C11H16N4. The van der Waals surface area contributed by atoms with Crippen molar-refractivity contribution in [2.45, 2.75) is 13.3 Å². The van der Waals surface area contributed by atoms with E-state index in [4.69, 9.17) is 16.3 Å². The lowest BCUT2D eigenvalue weighted by molar-refractivity contribution is 0.842. The first-order chi connectivity index (χ1) is 8.79. The van der Waals surface area contributed by atoms with Crippen LogP contribution in [0.15, 0.2) is 30.3 Å². The van der Waals surface area contributed by atoms with Crippen LogP contribution >= 0.6 is 0 Å². The van der Waals surface area contributed by atoms with E-state index in [2.05, 4.69) is 10.6 Å². The Labute approximate surface area is 95.3 Å². The van der Waals surface area contributed by atoms with Gasteiger partial charge in [-0.3, -0.25) is 10.8 Å². The van der Waals surface area contributed by atoms with E-state index in [0.29, 0.717) is 5.56 Å². The van der Waals surface area contributed by atoms with Gasteiger partial charge >= 0.3 is 0 Å². The van der Waals surface area contributed by atoms with E-state index in [0.717, 1.165) is 0 Å². The Kier molecular flexibility index (Phi) is 2.55. The summed E-state index contributed by atoms with van der Waals surface area (Å²) in [6.45, 7) is 0.663. The van der Waals surface area contributed by atoms with Crippen LogP contribution in [0.3, 0.4) is 0 Å². The third-order valence-corrected chi connectivity index (χ3v) is 1.56. The van der Waals surface area contributed by atoms with E-state index < -0.39 is 6.52 Å². The first kappa shape index (κ1) is 6.61. The highest BCUT2D eigenvalue weighted by Crippen LogP contribution is 1.97. The molecule has 0 fully saturated rings. The Morgan fingerprint density at radius 1 is 1.40 bits per heavy atom. The lowest BCUT2D eigenvalue weighted by Crippen LogP contribution is -2.39. The average Bonchev–Trinajstić information content (AvgIpc) is 2.23. The number of guanidine groups is 1. The van der Waals surface area contributed by atoms with Crippen molar-refractivity contribution in [1.29, 1.82) is 10.8 Å². The van der Waals surface area contributed by atoms with E-state index in [9.17, 15) is 0 Å². The molecule has 4 heteroatoms. The second-order valence-corrected chi connectivity index (χ2v) is 2.95. The average molecular weight is 208 g/mol. The lowest BCUT2D eigenvalue weighted by Gasteiger charge is -2.08. The molecule has 0 aliphatic carbocycles. The van der Waals surface area contributed by atoms with Gasteiger partial charge in [0.05, 0.1) is 9.95 Å². The normalized spacial score (nSPS) is 15.3. The molecule has 1 unspecified atom stereocenters. The van der Waals surface area contributed by atoms with Gasteiger partial charge in [0, 0.05) is 7.89 Å². The Bertz CT molecular complexity index is 480. The van der Waals surface area contributed by atoms with E-state index in [1.54, 1.807) is 0 Å². The molecular weight excluding hydrogens is 188 g/mol. The third kappa shape index (κ3) is 4.81. The Morgan fingerprint density at radius 2 is 2.07 bits per heavy atom. The number of rotatable bonds is 3. The van der Waals surface area contributed by atoms with E-state index in [1.165, 1.54) is 19.1 Å². The summed E-state index contributed by atoms with van der Waals surface area (Å²) in [5.74, 6) is -0.0352. The van der Waals surface area contributed by atoms with Crippen LogP contribution in [0.2, 0.25) is 0 Å². The van der Waals surface area contributed by atoms with Crippen LogP contribution in [0, 0.1) is 10.8 Å². The molecule has 80 valence electrons. The molecule has 1 rings (SSSR count). The molecule has 0 aromatic heterocycles.